The van der Waals surface area contributed by atoms with E-state index in [0.717, 1.165) is 113 Å². The molecule has 3 saturated carbocycles. The van der Waals surface area contributed by atoms with Crippen LogP contribution in [0.4, 0.5) is 0 Å². The smallest absolute Gasteiger partial charge is 0.587 e. The van der Waals surface area contributed by atoms with Crippen molar-refractivity contribution in [2.75, 3.05) is 14.2 Å². The number of nitrogens with two attached hydrogens (primary N) is 6. The van der Waals surface area contributed by atoms with Crippen molar-refractivity contribution in [2.45, 2.75) is 305 Å². The summed E-state index contributed by atoms with van der Waals surface area (Å²) in [5.74, 6) is 10.4. The average molecular weight is 1960 g/mol. The number of hydrogen-bond donors (Lipinski definition) is 12. The Balaban J connectivity index is 0.000000270. The van der Waals surface area contributed by atoms with Gasteiger partial charge >= 0.3 is 69.3 Å². The molecule has 6 aliphatic heterocycles. The summed E-state index contributed by atoms with van der Waals surface area (Å²) in [6.07, 6.45) is 30.0. The average Bonchev–Trinajstić information content (AvgIpc) is 1.60. The minimum absolute atomic E-state index is 0. The van der Waals surface area contributed by atoms with Gasteiger partial charge in [0.05, 0.1) is 92.7 Å². The second kappa shape index (κ2) is 56.9. The monoisotopic (exact) mass is 1950 g/mol. The molecule has 2 unspecified atom stereocenters. The molecule has 39 heteroatoms. The Bertz CT molecular complexity index is 4960. The quantitative estimate of drug-likeness (QED) is 0.00839. The molecule has 0 spiro atoms. The van der Waals surface area contributed by atoms with Crippen LogP contribution in [-0.4, -0.2) is 229 Å². The Morgan fingerprint density at radius 3 is 1.24 bits per heavy atom. The van der Waals surface area contributed by atoms with E-state index in [4.69, 9.17) is 64.5 Å². The first-order chi connectivity index (χ1) is 64.4. The zero-order valence-electron chi connectivity index (χ0n) is 80.3. The second-order valence-electron chi connectivity index (χ2n) is 34.6. The minimum atomic E-state index is -4.02. The first-order valence-electron chi connectivity index (χ1n) is 45.2. The third-order valence-electron chi connectivity index (χ3n) is 23.2. The van der Waals surface area contributed by atoms with Crippen molar-refractivity contribution in [3.8, 4) is 0 Å². The standard InChI is InChI=1S/C17H19NO4.C14H13NO4.C14H13NO2.C9H17NO2.C8H5NO2.C8H12O2.C7H8O3S.C6H13NO2.C6H10O.C5H12O2.C4H6O3.K.2H4N2/c1-17(2)21-13-9-5-8-12(14(13)22-17)18-15(19)10-6-3-4-7-11(10)16(18)20;16-11-7-3-6-10(12(11)17)15-13(18)8-4-1-2-5-9(8)14(15)19;16-13-11-8-4-5-9-12(11)14(17)15(13)10-6-2-1-3-7-10;1-9(2)11-7-5-3-4-6(10)8(7)12-9;10-7-5-3-1-2-4-6(5)8(11)9-7;1-7(9)10-8-5-3-2-4-6-8;1-6-2-4-7(5-3-6)11(8,9)10;7-4-2-1-3-5(8)6(4)9;7-6-4-2-1-3-5-6;1-5(2,6-3)7-4;1-3(5)7-4(2)6;;2*1-2/h3-4,6-7,12-14H,5,8-9H2,1-2H3;1-2,4-5,10,16-17H,3,6-7H2;2,4-6,8-10H,1,3,7H2;6-8H,3-5,10H2,1-2H3;1-4H,(H,9,10,11);3,5,8H,2,4,6H2,1H3;2-5H,1H3,(H,8,9,10);4-6,8-9H,1-3,7H2;2,4,6-7H,1,3,5H2;1-4H3;1-2H3;;2*1-2H2/q;;;;;;;;;;;+1;;/p-1/t12-,13-,14+;2*10-;6-,7-,8+;;;;4-,5-,6+;;;;;;/m1101...1....../s1. The second-order valence-corrected chi connectivity index (χ2v) is 36.1. The molecule has 7 aliphatic carbocycles. The fourth-order valence-electron chi connectivity index (χ4n) is 16.4. The van der Waals surface area contributed by atoms with Crippen LogP contribution in [0, 0.1) is 6.92 Å². The van der Waals surface area contributed by atoms with Crippen molar-refractivity contribution in [1.29, 1.82) is 0 Å². The number of aryl methyl sites for hydroxylation is 1. The number of methoxy groups -OCH3 is 2. The predicted molar refractivity (Wildman–Crippen MR) is 503 cm³/mol. The summed E-state index contributed by atoms with van der Waals surface area (Å²) in [6.45, 7) is 17.0. The summed E-state index contributed by atoms with van der Waals surface area (Å²) >= 11 is 0. The number of benzene rings is 5. The van der Waals surface area contributed by atoms with Gasteiger partial charge in [-0.3, -0.25) is 85.8 Å². The number of esters is 3. The fourth-order valence-corrected chi connectivity index (χ4v) is 16.9. The molecule has 13 aliphatic rings. The molecule has 0 aromatic heterocycles. The first-order valence-corrected chi connectivity index (χ1v) is 46.7. The maximum atomic E-state index is 12.7. The Morgan fingerprint density at radius 2 is 0.876 bits per heavy atom. The van der Waals surface area contributed by atoms with Gasteiger partial charge in [0.2, 0.25) is 0 Å². The van der Waals surface area contributed by atoms with Crippen LogP contribution >= 0.6 is 0 Å². The Labute approximate surface area is 843 Å². The molecule has 6 heterocycles. The van der Waals surface area contributed by atoms with E-state index in [0.29, 0.717) is 70.2 Å². The van der Waals surface area contributed by atoms with Crippen LogP contribution in [0.15, 0.2) is 174 Å². The van der Waals surface area contributed by atoms with Crippen molar-refractivity contribution in [2.24, 2.45) is 34.8 Å². The van der Waals surface area contributed by atoms with Crippen molar-refractivity contribution in [3.05, 3.63) is 225 Å². The molecular weight excluding hydrogens is 1820 g/mol. The molecular formula is C98H135KN10O27S. The van der Waals surface area contributed by atoms with E-state index in [-0.39, 0.29) is 158 Å². The van der Waals surface area contributed by atoms with Gasteiger partial charge in [0.1, 0.15) is 30.1 Å². The fraction of sp³-hybridized carbons (Fsp3) is 0.500. The minimum Gasteiger partial charge on any atom is -0.587 e. The number of hydrogen-bond acceptors (Lipinski definition) is 32. The first kappa shape index (κ1) is 118. The summed E-state index contributed by atoms with van der Waals surface area (Å²) < 4.78 is 71.6. The molecule has 5 aromatic rings. The maximum Gasteiger partial charge on any atom is 1.00 e. The van der Waals surface area contributed by atoms with Gasteiger partial charge in [0, 0.05) is 64.6 Å². The third kappa shape index (κ3) is 35.2. The molecule has 0 bridgehead atoms. The van der Waals surface area contributed by atoms with Crippen molar-refractivity contribution in [1.82, 2.24) is 14.7 Å². The SMILES string of the molecule is CC(=O)OC(C)=O.CC(=O)OC1C=CCCC1.CC1(C)O[C@H]2[C@H](N)CCC[C@H]2O1.CC1(C)O[C@H]2[C@H](N3C(=O)c4ccccc4C3=O)CCC[C@H]2O1.COC(C)(C)OC.Cc1ccc(S(=O)(=O)O)cc1.NN.NN.N[C@@H]1CCC[C@@H](O)[C@H]1O.O=C1[N-]C(=O)c2ccccc21.O=C1c2ccccc2C(=O)N1[C@@H]1CCCC(O)=C1O.O=C1c2ccccc2C(=O)N1[C@H]1C=CCCC1.OC1C=CCCC1.[K+]. The zero-order valence-corrected chi connectivity index (χ0v) is 84.2. The molecule has 18 rings (SSSR count). The molecule has 137 heavy (non-hydrogen) atoms. The summed E-state index contributed by atoms with van der Waals surface area (Å²) in [6, 6.07) is 32.2. The van der Waals surface area contributed by atoms with Crippen LogP contribution in [0.25, 0.3) is 5.32 Å². The van der Waals surface area contributed by atoms with E-state index in [2.05, 4.69) is 45.6 Å². The zero-order chi connectivity index (χ0) is 101. The van der Waals surface area contributed by atoms with Gasteiger partial charge < -0.3 is 89.8 Å². The summed E-state index contributed by atoms with van der Waals surface area (Å²) in [5, 5.41) is 49.7. The van der Waals surface area contributed by atoms with E-state index >= 15 is 0 Å². The summed E-state index contributed by atoms with van der Waals surface area (Å²) in [4.78, 5) is 130. The Kier molecular flexibility index (Phi) is 49.1. The summed E-state index contributed by atoms with van der Waals surface area (Å²) in [7, 11) is -0.790. The number of nitrogens with zero attached hydrogens (tertiary/aromatic N) is 4. The van der Waals surface area contributed by atoms with Gasteiger partial charge in [-0.05, 0) is 231 Å². The molecule has 13 atom stereocenters. The van der Waals surface area contributed by atoms with Crippen LogP contribution in [0.3, 0.4) is 0 Å². The van der Waals surface area contributed by atoms with E-state index in [1.165, 1.54) is 49.1 Å². The van der Waals surface area contributed by atoms with Crippen molar-refractivity contribution < 1.29 is 181 Å². The number of amides is 8. The number of fused-ring (bicyclic) bond motifs is 6. The van der Waals surface area contributed by atoms with Gasteiger partial charge in [0.15, 0.2) is 23.1 Å². The Morgan fingerprint density at radius 1 is 0.474 bits per heavy atom. The van der Waals surface area contributed by atoms with Crippen LogP contribution in [0.2, 0.25) is 0 Å². The molecule has 2 saturated heterocycles. The van der Waals surface area contributed by atoms with Crippen molar-refractivity contribution >= 4 is 75.3 Å². The molecule has 8 amide bonds. The van der Waals surface area contributed by atoms with Crippen molar-refractivity contribution in [3.63, 3.8) is 0 Å². The van der Waals surface area contributed by atoms with E-state index in [1.54, 1.807) is 123 Å². The van der Waals surface area contributed by atoms with E-state index in [1.807, 2.05) is 72.8 Å². The van der Waals surface area contributed by atoms with Crippen LogP contribution < -0.4 is 86.2 Å². The van der Waals surface area contributed by atoms with E-state index in [9.17, 15) is 71.4 Å². The number of aliphatic hydroxyl groups is 5. The number of aliphatic hydroxyl groups excluding tert-OH is 5. The number of imide groups is 4. The number of allylic oxidation sites excluding steroid dienone is 4. The molecule has 18 N–H and O–H groups in total. The van der Waals surface area contributed by atoms with Gasteiger partial charge in [-0.2, -0.15) is 8.42 Å². The molecule has 37 nitrogen and oxygen atoms in total. The van der Waals surface area contributed by atoms with Gasteiger partial charge in [-0.1, -0.05) is 109 Å². The van der Waals surface area contributed by atoms with E-state index < -0.39 is 81.3 Å². The van der Waals surface area contributed by atoms with Gasteiger partial charge in [-0.25, -0.2) is 0 Å². The van der Waals surface area contributed by atoms with Gasteiger partial charge in [-0.15, -0.1) is 0 Å². The van der Waals surface area contributed by atoms with Crippen LogP contribution in [0.5, 0.6) is 0 Å². The number of carbonyl (C=O) groups excluding carboxylic acids is 11. The number of hydrazine groups is 2. The Hall–Kier alpha value is -9.22. The molecule has 5 fully saturated rings. The number of rotatable bonds is 7. The maximum absolute atomic E-state index is 12.7. The molecule has 5 aromatic carbocycles. The third-order valence-corrected chi connectivity index (χ3v) is 24.1. The normalized spacial score (nSPS) is 24.8. The molecule has 0 radical (unpaired) electrons. The number of carbonyl (C=O) groups is 11. The number of ether oxygens (including phenoxy) is 8. The predicted octanol–water partition coefficient (Wildman–Crippen LogP) is 8.24. The van der Waals surface area contributed by atoms with Crippen LogP contribution in [-0.2, 0) is 62.4 Å². The van der Waals surface area contributed by atoms with Crippen LogP contribution in [0.1, 0.15) is 286 Å². The molecule has 746 valence electrons. The summed E-state index contributed by atoms with van der Waals surface area (Å²) in [5.41, 5.74) is 15.9. The largest absolute Gasteiger partial charge is 1.00 e. The van der Waals surface area contributed by atoms with Gasteiger partial charge in [0.25, 0.3) is 45.6 Å². The topological polar surface area (TPSA) is 597 Å².